The third-order valence-electron chi connectivity index (χ3n) is 3.19. The lowest BCUT2D eigenvalue weighted by molar-refractivity contribution is -0.123. The number of ether oxygens (including phenoxy) is 1. The first-order valence-corrected chi connectivity index (χ1v) is 7.11. The average molecular weight is 305 g/mol. The Morgan fingerprint density at radius 3 is 2.73 bits per heavy atom. The largest absolute Gasteiger partial charge is 0.482 e. The van der Waals surface area contributed by atoms with E-state index in [1.54, 1.807) is 17.0 Å². The van der Waals surface area contributed by atoms with E-state index >= 15 is 0 Å². The van der Waals surface area contributed by atoms with Gasteiger partial charge in [-0.2, -0.15) is 0 Å². The third-order valence-corrected chi connectivity index (χ3v) is 3.19. The molecule has 7 nitrogen and oxygen atoms in total. The molecule has 0 atom stereocenters. The lowest BCUT2D eigenvalue weighted by atomic mass is 10.2. The maximum Gasteiger partial charge on any atom is 0.265 e. The van der Waals surface area contributed by atoms with Gasteiger partial charge in [0.05, 0.1) is 5.69 Å². The topological polar surface area (TPSA) is 87.7 Å². The van der Waals surface area contributed by atoms with E-state index in [9.17, 15) is 14.4 Å². The van der Waals surface area contributed by atoms with Gasteiger partial charge in [0.25, 0.3) is 5.91 Å². The summed E-state index contributed by atoms with van der Waals surface area (Å²) in [4.78, 5) is 35.9. The molecule has 1 aliphatic heterocycles. The van der Waals surface area contributed by atoms with Gasteiger partial charge in [0.15, 0.2) is 6.61 Å². The first kappa shape index (κ1) is 15.8. The number of anilines is 1. The summed E-state index contributed by atoms with van der Waals surface area (Å²) in [6.07, 6.45) is 0.195. The zero-order chi connectivity index (χ0) is 15.9. The SMILES string of the molecule is CC(=O)NCCNC(=O)CCN1C(=O)COc2ccccc21. The van der Waals surface area contributed by atoms with Gasteiger partial charge in [-0.05, 0) is 12.1 Å². The van der Waals surface area contributed by atoms with E-state index < -0.39 is 0 Å². The van der Waals surface area contributed by atoms with Crippen molar-refractivity contribution in [1.82, 2.24) is 10.6 Å². The minimum atomic E-state index is -0.165. The molecule has 0 unspecified atom stereocenters. The van der Waals surface area contributed by atoms with E-state index in [-0.39, 0.29) is 30.7 Å². The Balaban J connectivity index is 1.82. The minimum absolute atomic E-state index is 0.0127. The number of para-hydroxylation sites is 2. The van der Waals surface area contributed by atoms with Gasteiger partial charge in [0, 0.05) is 33.0 Å². The number of hydrogen-bond donors (Lipinski definition) is 2. The van der Waals surface area contributed by atoms with Crippen molar-refractivity contribution in [1.29, 1.82) is 0 Å². The van der Waals surface area contributed by atoms with Crippen molar-refractivity contribution in [2.45, 2.75) is 13.3 Å². The zero-order valence-electron chi connectivity index (χ0n) is 12.4. The monoisotopic (exact) mass is 305 g/mol. The van der Waals surface area contributed by atoms with Crippen molar-refractivity contribution in [3.05, 3.63) is 24.3 Å². The van der Waals surface area contributed by atoms with Gasteiger partial charge in [-0.3, -0.25) is 14.4 Å². The van der Waals surface area contributed by atoms with Crippen molar-refractivity contribution in [2.75, 3.05) is 31.1 Å². The lowest BCUT2D eigenvalue weighted by Gasteiger charge is -2.29. The molecule has 7 heteroatoms. The van der Waals surface area contributed by atoms with Crippen LogP contribution in [0.25, 0.3) is 0 Å². The minimum Gasteiger partial charge on any atom is -0.482 e. The highest BCUT2D eigenvalue weighted by molar-refractivity contribution is 5.98. The summed E-state index contributed by atoms with van der Waals surface area (Å²) >= 11 is 0. The Morgan fingerprint density at radius 2 is 1.95 bits per heavy atom. The maximum atomic E-state index is 11.9. The van der Waals surface area contributed by atoms with Crippen LogP contribution in [0, 0.1) is 0 Å². The summed E-state index contributed by atoms with van der Waals surface area (Å²) in [6, 6.07) is 7.24. The molecule has 1 aromatic rings. The van der Waals surface area contributed by atoms with Gasteiger partial charge in [0.2, 0.25) is 11.8 Å². The van der Waals surface area contributed by atoms with E-state index in [4.69, 9.17) is 4.74 Å². The van der Waals surface area contributed by atoms with E-state index in [0.29, 0.717) is 31.1 Å². The Bertz CT molecular complexity index is 574. The fraction of sp³-hybridized carbons (Fsp3) is 0.400. The molecule has 0 saturated heterocycles. The normalized spacial score (nSPS) is 13.1. The van der Waals surface area contributed by atoms with Gasteiger partial charge >= 0.3 is 0 Å². The number of rotatable bonds is 6. The van der Waals surface area contributed by atoms with Crippen LogP contribution in [0.4, 0.5) is 5.69 Å². The molecule has 0 saturated carbocycles. The van der Waals surface area contributed by atoms with Crippen LogP contribution in [-0.2, 0) is 14.4 Å². The maximum absolute atomic E-state index is 11.9. The highest BCUT2D eigenvalue weighted by Crippen LogP contribution is 2.31. The summed E-state index contributed by atoms with van der Waals surface area (Å²) in [7, 11) is 0. The fourth-order valence-corrected chi connectivity index (χ4v) is 2.14. The number of nitrogens with one attached hydrogen (secondary N) is 2. The molecule has 1 aliphatic rings. The van der Waals surface area contributed by atoms with Crippen LogP contribution in [0.5, 0.6) is 5.75 Å². The highest BCUT2D eigenvalue weighted by Gasteiger charge is 2.25. The molecule has 0 aromatic heterocycles. The second-order valence-corrected chi connectivity index (χ2v) is 4.88. The van der Waals surface area contributed by atoms with Crippen LogP contribution in [0.3, 0.4) is 0 Å². The van der Waals surface area contributed by atoms with Crippen molar-refractivity contribution < 1.29 is 19.1 Å². The molecule has 0 aliphatic carbocycles. The summed E-state index contributed by atoms with van der Waals surface area (Å²) in [6.45, 7) is 2.46. The second kappa shape index (κ2) is 7.44. The Morgan fingerprint density at radius 1 is 1.23 bits per heavy atom. The van der Waals surface area contributed by atoms with Gasteiger partial charge in [0.1, 0.15) is 5.75 Å². The van der Waals surface area contributed by atoms with Crippen molar-refractivity contribution in [2.24, 2.45) is 0 Å². The Kier molecular flexibility index (Phi) is 5.35. The smallest absolute Gasteiger partial charge is 0.265 e. The molecule has 0 spiro atoms. The molecule has 0 radical (unpaired) electrons. The van der Waals surface area contributed by atoms with Crippen LogP contribution < -0.4 is 20.3 Å². The van der Waals surface area contributed by atoms with E-state index in [1.165, 1.54) is 6.92 Å². The van der Waals surface area contributed by atoms with E-state index in [0.717, 1.165) is 0 Å². The Labute approximate surface area is 128 Å². The van der Waals surface area contributed by atoms with Crippen molar-refractivity contribution in [3.8, 4) is 5.75 Å². The summed E-state index contributed by atoms with van der Waals surface area (Å²) in [5.74, 6) is 0.185. The average Bonchev–Trinajstić information content (AvgIpc) is 2.50. The number of nitrogens with zero attached hydrogens (tertiary/aromatic N) is 1. The number of benzene rings is 1. The highest BCUT2D eigenvalue weighted by atomic mass is 16.5. The van der Waals surface area contributed by atoms with Gasteiger partial charge < -0.3 is 20.3 Å². The molecule has 118 valence electrons. The molecular formula is C15H19N3O4. The predicted octanol–water partition coefficient (Wildman–Crippen LogP) is 0.0544. The standard InChI is InChI=1S/C15H19N3O4/c1-11(19)16-7-8-17-14(20)6-9-18-12-4-2-3-5-13(12)22-10-15(18)21/h2-5H,6-10H2,1H3,(H,16,19)(H,17,20). The molecule has 3 amide bonds. The lowest BCUT2D eigenvalue weighted by Crippen LogP contribution is -2.41. The van der Waals surface area contributed by atoms with Crippen LogP contribution in [0.2, 0.25) is 0 Å². The summed E-state index contributed by atoms with van der Waals surface area (Å²) in [5, 5.41) is 5.29. The number of fused-ring (bicyclic) bond motifs is 1. The fourth-order valence-electron chi connectivity index (χ4n) is 2.14. The Hall–Kier alpha value is -2.57. The van der Waals surface area contributed by atoms with E-state index in [2.05, 4.69) is 10.6 Å². The molecule has 2 N–H and O–H groups in total. The molecule has 0 bridgehead atoms. The predicted molar refractivity (Wildman–Crippen MR) is 80.6 cm³/mol. The first-order valence-electron chi connectivity index (χ1n) is 7.11. The van der Waals surface area contributed by atoms with Crippen LogP contribution >= 0.6 is 0 Å². The van der Waals surface area contributed by atoms with Crippen molar-refractivity contribution in [3.63, 3.8) is 0 Å². The zero-order valence-corrected chi connectivity index (χ0v) is 12.4. The quantitative estimate of drug-likeness (QED) is 0.727. The van der Waals surface area contributed by atoms with Crippen LogP contribution in [0.15, 0.2) is 24.3 Å². The summed E-state index contributed by atoms with van der Waals surface area (Å²) < 4.78 is 5.34. The molecule has 2 rings (SSSR count). The number of carbonyl (C=O) groups is 3. The molecule has 22 heavy (non-hydrogen) atoms. The number of amides is 3. The molecule has 1 heterocycles. The first-order chi connectivity index (χ1) is 10.6. The summed E-state index contributed by atoms with van der Waals surface area (Å²) in [5.41, 5.74) is 0.685. The van der Waals surface area contributed by atoms with Crippen LogP contribution in [0.1, 0.15) is 13.3 Å². The molecule has 0 fully saturated rings. The van der Waals surface area contributed by atoms with E-state index in [1.807, 2.05) is 12.1 Å². The number of carbonyl (C=O) groups excluding carboxylic acids is 3. The third kappa shape index (κ3) is 4.21. The van der Waals surface area contributed by atoms with Gasteiger partial charge in [-0.15, -0.1) is 0 Å². The van der Waals surface area contributed by atoms with Crippen molar-refractivity contribution >= 4 is 23.4 Å². The second-order valence-electron chi connectivity index (χ2n) is 4.88. The molecule has 1 aromatic carbocycles. The van der Waals surface area contributed by atoms with Gasteiger partial charge in [-0.1, -0.05) is 12.1 Å². The molecular weight excluding hydrogens is 286 g/mol. The van der Waals surface area contributed by atoms with Gasteiger partial charge in [-0.25, -0.2) is 0 Å². The van der Waals surface area contributed by atoms with Crippen LogP contribution in [-0.4, -0.2) is 44.0 Å². The number of hydrogen-bond acceptors (Lipinski definition) is 4.